The monoisotopic (exact) mass is 362 g/mol. The van der Waals surface area contributed by atoms with Crippen molar-refractivity contribution in [1.82, 2.24) is 0 Å². The van der Waals surface area contributed by atoms with Crippen LogP contribution in [0.15, 0.2) is 42.5 Å². The number of carboxylic acid groups (broad SMARTS) is 1. The van der Waals surface area contributed by atoms with Crippen molar-refractivity contribution in [1.29, 1.82) is 5.26 Å². The molecule has 0 heterocycles. The van der Waals surface area contributed by atoms with Crippen LogP contribution in [0.3, 0.4) is 0 Å². The van der Waals surface area contributed by atoms with Crippen LogP contribution in [0.4, 0.5) is 5.69 Å². The Hall–Kier alpha value is -3.13. The molecule has 2 aromatic carbocycles. The molecule has 0 bridgehead atoms. The number of amides is 1. The van der Waals surface area contributed by atoms with E-state index in [1.54, 1.807) is 24.3 Å². The first-order valence-corrected chi connectivity index (χ1v) is 9.18. The summed E-state index contributed by atoms with van der Waals surface area (Å²) in [5.41, 5.74) is 4.09. The van der Waals surface area contributed by atoms with Gasteiger partial charge in [-0.15, -0.1) is 0 Å². The summed E-state index contributed by atoms with van der Waals surface area (Å²) in [4.78, 5) is 23.6. The Bertz CT molecular complexity index is 897. The van der Waals surface area contributed by atoms with Crippen molar-refractivity contribution in [3.8, 4) is 6.07 Å². The van der Waals surface area contributed by atoms with Gasteiger partial charge in [-0.2, -0.15) is 5.26 Å². The van der Waals surface area contributed by atoms with Gasteiger partial charge >= 0.3 is 5.97 Å². The lowest BCUT2D eigenvalue weighted by Crippen LogP contribution is -2.23. The molecule has 1 amide bonds. The summed E-state index contributed by atoms with van der Waals surface area (Å²) in [6.45, 7) is 2.08. The second-order valence-electron chi connectivity index (χ2n) is 6.97. The van der Waals surface area contributed by atoms with Crippen LogP contribution >= 0.6 is 0 Å². The van der Waals surface area contributed by atoms with E-state index >= 15 is 0 Å². The van der Waals surface area contributed by atoms with Gasteiger partial charge in [-0.25, -0.2) is 0 Å². The lowest BCUT2D eigenvalue weighted by molar-refractivity contribution is -0.138. The molecule has 5 nitrogen and oxygen atoms in total. The number of nitriles is 1. The molecule has 0 aliphatic heterocycles. The Balaban J connectivity index is 1.81. The lowest BCUT2D eigenvalue weighted by atomic mass is 9.72. The van der Waals surface area contributed by atoms with Gasteiger partial charge in [0, 0.05) is 17.7 Å². The zero-order chi connectivity index (χ0) is 19.4. The van der Waals surface area contributed by atoms with E-state index < -0.39 is 5.97 Å². The SMILES string of the molecule is CCC1c2cc(NC(=O)c3ccc(C#N)cc3)ccc2CCC1CC(=O)O. The van der Waals surface area contributed by atoms with E-state index in [9.17, 15) is 14.7 Å². The summed E-state index contributed by atoms with van der Waals surface area (Å²) in [7, 11) is 0. The van der Waals surface area contributed by atoms with Gasteiger partial charge in [-0.05, 0) is 78.6 Å². The summed E-state index contributed by atoms with van der Waals surface area (Å²) >= 11 is 0. The van der Waals surface area contributed by atoms with Gasteiger partial charge in [0.15, 0.2) is 0 Å². The third kappa shape index (κ3) is 4.17. The van der Waals surface area contributed by atoms with E-state index in [0.717, 1.165) is 24.8 Å². The molecule has 2 atom stereocenters. The number of rotatable bonds is 5. The molecular weight excluding hydrogens is 340 g/mol. The predicted octanol–water partition coefficient (Wildman–Crippen LogP) is 4.34. The van der Waals surface area contributed by atoms with Crippen molar-refractivity contribution in [2.45, 2.75) is 38.5 Å². The fourth-order valence-electron chi connectivity index (χ4n) is 3.96. The predicted molar refractivity (Wildman–Crippen MR) is 103 cm³/mol. The van der Waals surface area contributed by atoms with Crippen molar-refractivity contribution in [2.24, 2.45) is 5.92 Å². The van der Waals surface area contributed by atoms with Crippen LogP contribution < -0.4 is 5.32 Å². The van der Waals surface area contributed by atoms with E-state index in [4.69, 9.17) is 5.26 Å². The Morgan fingerprint density at radius 1 is 1.22 bits per heavy atom. The Morgan fingerprint density at radius 3 is 2.59 bits per heavy atom. The van der Waals surface area contributed by atoms with E-state index in [1.165, 1.54) is 5.56 Å². The molecule has 0 spiro atoms. The molecule has 3 rings (SSSR count). The second kappa shape index (κ2) is 8.05. The van der Waals surface area contributed by atoms with E-state index in [1.807, 2.05) is 24.3 Å². The molecule has 2 unspecified atom stereocenters. The van der Waals surface area contributed by atoms with Crippen molar-refractivity contribution >= 4 is 17.6 Å². The Labute approximate surface area is 158 Å². The minimum Gasteiger partial charge on any atom is -0.481 e. The molecule has 1 aliphatic carbocycles. The van der Waals surface area contributed by atoms with Gasteiger partial charge in [-0.3, -0.25) is 9.59 Å². The molecule has 1 aliphatic rings. The molecule has 0 saturated heterocycles. The van der Waals surface area contributed by atoms with Crippen LogP contribution in [0.1, 0.15) is 59.2 Å². The van der Waals surface area contributed by atoms with Crippen molar-refractivity contribution < 1.29 is 14.7 Å². The third-order valence-electron chi connectivity index (χ3n) is 5.31. The fraction of sp³-hybridized carbons (Fsp3) is 0.318. The number of nitrogens with zero attached hydrogens (tertiary/aromatic N) is 1. The number of nitrogens with one attached hydrogen (secondary N) is 1. The topological polar surface area (TPSA) is 90.2 Å². The van der Waals surface area contributed by atoms with Crippen LogP contribution in [-0.4, -0.2) is 17.0 Å². The highest BCUT2D eigenvalue weighted by atomic mass is 16.4. The minimum atomic E-state index is -0.757. The van der Waals surface area contributed by atoms with Crippen LogP contribution in [0.5, 0.6) is 0 Å². The first kappa shape index (κ1) is 18.7. The lowest BCUT2D eigenvalue weighted by Gasteiger charge is -2.32. The van der Waals surface area contributed by atoms with E-state index in [-0.39, 0.29) is 24.2 Å². The van der Waals surface area contributed by atoms with Gasteiger partial charge in [0.25, 0.3) is 5.91 Å². The number of carboxylic acids is 1. The number of hydrogen-bond acceptors (Lipinski definition) is 3. The zero-order valence-electron chi connectivity index (χ0n) is 15.2. The summed E-state index contributed by atoms with van der Waals surface area (Å²) in [6, 6.07) is 14.4. The molecule has 0 aromatic heterocycles. The maximum atomic E-state index is 12.5. The Kier molecular flexibility index (Phi) is 5.56. The standard InChI is InChI=1S/C22H22N2O3/c1-2-19-17(11-21(25)26)8-7-15-9-10-18(12-20(15)19)24-22(27)16-5-3-14(13-23)4-6-16/h3-6,9-10,12,17,19H,2,7-8,11H2,1H3,(H,24,27)(H,25,26). The largest absolute Gasteiger partial charge is 0.481 e. The average Bonchev–Trinajstić information content (AvgIpc) is 2.67. The molecule has 2 N–H and O–H groups in total. The number of benzene rings is 2. The highest BCUT2D eigenvalue weighted by Gasteiger charge is 2.30. The van der Waals surface area contributed by atoms with Crippen LogP contribution in [0, 0.1) is 17.2 Å². The molecule has 0 radical (unpaired) electrons. The second-order valence-corrected chi connectivity index (χ2v) is 6.97. The number of hydrogen-bond donors (Lipinski definition) is 2. The maximum absolute atomic E-state index is 12.5. The number of carbonyl (C=O) groups is 2. The first-order chi connectivity index (χ1) is 13.0. The summed E-state index contributed by atoms with van der Waals surface area (Å²) in [5, 5.41) is 20.9. The first-order valence-electron chi connectivity index (χ1n) is 9.18. The maximum Gasteiger partial charge on any atom is 0.303 e. The number of aryl methyl sites for hydroxylation is 1. The quantitative estimate of drug-likeness (QED) is 0.828. The van der Waals surface area contributed by atoms with E-state index in [2.05, 4.69) is 12.2 Å². The molecule has 2 aromatic rings. The molecule has 27 heavy (non-hydrogen) atoms. The summed E-state index contributed by atoms with van der Waals surface area (Å²) in [5.74, 6) is -0.668. The molecule has 5 heteroatoms. The van der Waals surface area contributed by atoms with Gasteiger partial charge < -0.3 is 10.4 Å². The van der Waals surface area contributed by atoms with Crippen molar-refractivity contribution in [3.05, 3.63) is 64.7 Å². The molecule has 0 fully saturated rings. The fourth-order valence-corrected chi connectivity index (χ4v) is 3.96. The number of carbonyl (C=O) groups excluding carboxylic acids is 1. The van der Waals surface area contributed by atoms with Gasteiger partial charge in [0.05, 0.1) is 11.6 Å². The average molecular weight is 362 g/mol. The van der Waals surface area contributed by atoms with Gasteiger partial charge in [-0.1, -0.05) is 13.0 Å². The normalized spacial score (nSPS) is 18.2. The van der Waals surface area contributed by atoms with Crippen LogP contribution in [0.2, 0.25) is 0 Å². The Morgan fingerprint density at radius 2 is 1.96 bits per heavy atom. The minimum absolute atomic E-state index is 0.129. The van der Waals surface area contributed by atoms with Crippen molar-refractivity contribution in [3.63, 3.8) is 0 Å². The molecule has 138 valence electrons. The van der Waals surface area contributed by atoms with E-state index in [0.29, 0.717) is 16.8 Å². The zero-order valence-corrected chi connectivity index (χ0v) is 15.2. The van der Waals surface area contributed by atoms with Crippen LogP contribution in [-0.2, 0) is 11.2 Å². The van der Waals surface area contributed by atoms with Gasteiger partial charge in [0.1, 0.15) is 0 Å². The highest BCUT2D eigenvalue weighted by Crippen LogP contribution is 2.41. The summed E-state index contributed by atoms with van der Waals surface area (Å²) < 4.78 is 0. The smallest absolute Gasteiger partial charge is 0.303 e. The van der Waals surface area contributed by atoms with Crippen molar-refractivity contribution in [2.75, 3.05) is 5.32 Å². The van der Waals surface area contributed by atoms with Crippen LogP contribution in [0.25, 0.3) is 0 Å². The summed E-state index contributed by atoms with van der Waals surface area (Å²) in [6.07, 6.45) is 2.81. The molecule has 0 saturated carbocycles. The number of anilines is 1. The highest BCUT2D eigenvalue weighted by molar-refractivity contribution is 6.04. The van der Waals surface area contributed by atoms with Gasteiger partial charge in [0.2, 0.25) is 0 Å². The number of aliphatic carboxylic acids is 1. The molecular formula is C22H22N2O3. The number of fused-ring (bicyclic) bond motifs is 1. The third-order valence-corrected chi connectivity index (χ3v) is 5.31.